The van der Waals surface area contributed by atoms with E-state index in [9.17, 15) is 0 Å². The monoisotopic (exact) mass is 698 g/mol. The molecule has 8 aromatic rings. The molecular weight excluding hydrogens is 657 g/mol. The van der Waals surface area contributed by atoms with Crippen LogP contribution in [0.1, 0.15) is 72.2 Å². The van der Waals surface area contributed by atoms with E-state index in [1.165, 1.54) is 77.9 Å². The molecule has 4 aromatic heterocycles. The third-order valence-corrected chi connectivity index (χ3v) is 12.5. The highest BCUT2D eigenvalue weighted by molar-refractivity contribution is 5.93. The molecule has 0 N–H and O–H groups in total. The lowest BCUT2D eigenvalue weighted by Gasteiger charge is -2.24. The number of pyridine rings is 4. The number of rotatable bonds is 3. The standard InChI is InChI=1S/C50H42N4/c1-27-19-41-37(39-25-35(29(3)21-43(39)49(41,5)6)45-15-13-31-11-9-17-51-47(31)53-45)23-33(27)34-24-38-40-26-36(46-16-14-32-12-10-18-52-48(32)54-46)30(4)22-44(40)50(7,8)42(38)20-28(34)2/h9-26H,1-8H3. The molecule has 0 fully saturated rings. The largest absolute Gasteiger partial charge is 0.237 e. The molecule has 0 unspecified atom stereocenters. The fraction of sp³-hybridized carbons (Fsp3) is 0.200. The molecule has 0 bridgehead atoms. The zero-order valence-corrected chi connectivity index (χ0v) is 32.2. The summed E-state index contributed by atoms with van der Waals surface area (Å²) in [4.78, 5) is 19.1. The van der Waals surface area contributed by atoms with Gasteiger partial charge in [0.15, 0.2) is 11.3 Å². The van der Waals surface area contributed by atoms with Gasteiger partial charge in [0.25, 0.3) is 0 Å². The molecule has 4 nitrogen and oxygen atoms in total. The number of aryl methyl sites for hydroxylation is 4. The van der Waals surface area contributed by atoms with E-state index in [4.69, 9.17) is 9.97 Å². The van der Waals surface area contributed by atoms with Crippen molar-refractivity contribution in [2.45, 2.75) is 66.2 Å². The lowest BCUT2D eigenvalue weighted by Crippen LogP contribution is -2.16. The number of hydrogen-bond donors (Lipinski definition) is 0. The number of fused-ring (bicyclic) bond motifs is 8. The summed E-state index contributed by atoms with van der Waals surface area (Å²) >= 11 is 0. The summed E-state index contributed by atoms with van der Waals surface area (Å²) in [6, 6.07) is 36.0. The van der Waals surface area contributed by atoms with Crippen LogP contribution >= 0.6 is 0 Å². The molecular formula is C50H42N4. The Hall–Kier alpha value is -6.00. The molecule has 0 atom stereocenters. The third kappa shape index (κ3) is 4.62. The summed E-state index contributed by atoms with van der Waals surface area (Å²) in [5, 5.41) is 2.10. The van der Waals surface area contributed by atoms with Gasteiger partial charge in [-0.3, -0.25) is 0 Å². The van der Waals surface area contributed by atoms with Gasteiger partial charge in [-0.25, -0.2) is 19.9 Å². The van der Waals surface area contributed by atoms with Gasteiger partial charge < -0.3 is 0 Å². The van der Waals surface area contributed by atoms with E-state index < -0.39 is 0 Å². The highest BCUT2D eigenvalue weighted by atomic mass is 14.8. The van der Waals surface area contributed by atoms with Gasteiger partial charge in [0.2, 0.25) is 0 Å². The van der Waals surface area contributed by atoms with Crippen LogP contribution in [0.25, 0.3) is 78.0 Å². The highest BCUT2D eigenvalue weighted by Crippen LogP contribution is 2.55. The van der Waals surface area contributed by atoms with Crippen molar-refractivity contribution < 1.29 is 0 Å². The summed E-state index contributed by atoms with van der Waals surface area (Å²) in [5.74, 6) is 0. The maximum atomic E-state index is 5.00. The minimum absolute atomic E-state index is 0.119. The van der Waals surface area contributed by atoms with Crippen LogP contribution in [0.5, 0.6) is 0 Å². The minimum Gasteiger partial charge on any atom is -0.237 e. The Kier molecular flexibility index (Phi) is 6.80. The van der Waals surface area contributed by atoms with Crippen molar-refractivity contribution in [3.8, 4) is 55.9 Å². The molecule has 2 aliphatic carbocycles. The highest BCUT2D eigenvalue weighted by Gasteiger charge is 2.39. The van der Waals surface area contributed by atoms with E-state index in [0.29, 0.717) is 0 Å². The SMILES string of the molecule is Cc1cc2c(cc1-c1ccc3cccnc3n1)-c1cc(-c3cc4c(cc3C)C(C)(C)c3cc(C)c(-c5ccc6cccnc6n5)cc3-4)c(C)cc1C2(C)C. The molecule has 262 valence electrons. The average Bonchev–Trinajstić information content (AvgIpc) is 3.50. The van der Waals surface area contributed by atoms with Crippen LogP contribution in [-0.4, -0.2) is 19.9 Å². The Balaban J connectivity index is 1.13. The van der Waals surface area contributed by atoms with Crippen LogP contribution in [-0.2, 0) is 10.8 Å². The van der Waals surface area contributed by atoms with Gasteiger partial charge in [0, 0.05) is 45.1 Å². The van der Waals surface area contributed by atoms with Gasteiger partial charge in [0.05, 0.1) is 11.4 Å². The van der Waals surface area contributed by atoms with Crippen LogP contribution in [0.4, 0.5) is 0 Å². The lowest BCUT2D eigenvalue weighted by atomic mass is 9.79. The second-order valence-corrected chi connectivity index (χ2v) is 16.6. The first-order chi connectivity index (χ1) is 25.9. The summed E-state index contributed by atoms with van der Waals surface area (Å²) in [5.41, 5.74) is 23.9. The van der Waals surface area contributed by atoms with Crippen LogP contribution in [0.2, 0.25) is 0 Å². The van der Waals surface area contributed by atoms with Crippen molar-refractivity contribution in [1.82, 2.24) is 19.9 Å². The fourth-order valence-electron chi connectivity index (χ4n) is 9.42. The Morgan fingerprint density at radius 3 is 1.07 bits per heavy atom. The van der Waals surface area contributed by atoms with Gasteiger partial charge in [-0.2, -0.15) is 0 Å². The van der Waals surface area contributed by atoms with Gasteiger partial charge in [-0.15, -0.1) is 0 Å². The van der Waals surface area contributed by atoms with Gasteiger partial charge in [-0.05, 0) is 178 Å². The van der Waals surface area contributed by atoms with Gasteiger partial charge in [-0.1, -0.05) is 52.0 Å². The Morgan fingerprint density at radius 1 is 0.370 bits per heavy atom. The summed E-state index contributed by atoms with van der Waals surface area (Å²) in [6.07, 6.45) is 3.63. The molecule has 4 heterocycles. The number of benzene rings is 4. The smallest absolute Gasteiger partial charge is 0.159 e. The second-order valence-electron chi connectivity index (χ2n) is 16.6. The van der Waals surface area contributed by atoms with Gasteiger partial charge >= 0.3 is 0 Å². The van der Waals surface area contributed by atoms with Crippen LogP contribution in [0, 0.1) is 27.7 Å². The lowest BCUT2D eigenvalue weighted by molar-refractivity contribution is 0.659. The quantitative estimate of drug-likeness (QED) is 0.184. The number of hydrogen-bond acceptors (Lipinski definition) is 4. The van der Waals surface area contributed by atoms with Crippen molar-refractivity contribution in [3.63, 3.8) is 0 Å². The van der Waals surface area contributed by atoms with E-state index >= 15 is 0 Å². The summed E-state index contributed by atoms with van der Waals surface area (Å²) in [7, 11) is 0. The maximum absolute atomic E-state index is 5.00. The molecule has 4 heteroatoms. The summed E-state index contributed by atoms with van der Waals surface area (Å²) < 4.78 is 0. The zero-order valence-electron chi connectivity index (χ0n) is 32.2. The Bertz CT molecular complexity index is 2730. The van der Waals surface area contributed by atoms with Crippen LogP contribution in [0.15, 0.2) is 109 Å². The molecule has 0 amide bonds. The summed E-state index contributed by atoms with van der Waals surface area (Å²) in [6.45, 7) is 18.5. The first kappa shape index (κ1) is 32.6. The maximum Gasteiger partial charge on any atom is 0.159 e. The van der Waals surface area contributed by atoms with E-state index in [1.807, 2.05) is 24.5 Å². The average molecular weight is 699 g/mol. The molecule has 0 spiro atoms. The van der Waals surface area contributed by atoms with Crippen LogP contribution in [0.3, 0.4) is 0 Å². The van der Waals surface area contributed by atoms with Crippen molar-refractivity contribution in [2.75, 3.05) is 0 Å². The molecule has 0 saturated heterocycles. The molecule has 2 aliphatic rings. The van der Waals surface area contributed by atoms with Crippen molar-refractivity contribution in [3.05, 3.63) is 154 Å². The fourth-order valence-corrected chi connectivity index (χ4v) is 9.42. The number of nitrogens with zero attached hydrogens (tertiary/aromatic N) is 4. The zero-order chi connectivity index (χ0) is 37.3. The Labute approximate surface area is 317 Å². The van der Waals surface area contributed by atoms with Crippen LogP contribution < -0.4 is 0 Å². The van der Waals surface area contributed by atoms with Gasteiger partial charge in [0.1, 0.15) is 0 Å². The van der Waals surface area contributed by atoms with E-state index in [2.05, 4.69) is 150 Å². The molecule has 10 rings (SSSR count). The molecule has 0 aliphatic heterocycles. The third-order valence-electron chi connectivity index (χ3n) is 12.5. The van der Waals surface area contributed by atoms with Crippen molar-refractivity contribution >= 4 is 22.1 Å². The molecule has 54 heavy (non-hydrogen) atoms. The normalized spacial score (nSPS) is 14.6. The van der Waals surface area contributed by atoms with Crippen molar-refractivity contribution in [1.29, 1.82) is 0 Å². The first-order valence-electron chi connectivity index (χ1n) is 19.0. The predicted molar refractivity (Wildman–Crippen MR) is 223 cm³/mol. The number of aromatic nitrogens is 4. The first-order valence-corrected chi connectivity index (χ1v) is 19.0. The van der Waals surface area contributed by atoms with E-state index in [0.717, 1.165) is 44.6 Å². The van der Waals surface area contributed by atoms with Crippen molar-refractivity contribution in [2.24, 2.45) is 0 Å². The molecule has 0 radical (unpaired) electrons. The van der Waals surface area contributed by atoms with E-state index in [-0.39, 0.29) is 10.8 Å². The topological polar surface area (TPSA) is 51.6 Å². The molecule has 4 aromatic carbocycles. The Morgan fingerprint density at radius 2 is 0.704 bits per heavy atom. The molecule has 0 saturated carbocycles. The second kappa shape index (κ2) is 11.3. The predicted octanol–water partition coefficient (Wildman–Crippen LogP) is 12.4. The van der Waals surface area contributed by atoms with E-state index in [1.54, 1.807) is 0 Å². The minimum atomic E-state index is -0.119.